The van der Waals surface area contributed by atoms with E-state index >= 15 is 0 Å². The number of likely N-dealkylation sites (tertiary alicyclic amines) is 1. The van der Waals surface area contributed by atoms with Gasteiger partial charge < -0.3 is 20.4 Å². The number of piperidine rings is 1. The molecule has 2 N–H and O–H groups in total. The highest BCUT2D eigenvalue weighted by atomic mass is 16.2. The SMILES string of the molecule is CNC(=O)c1cnc([C@@H]2CCCN(C(=O)CN3CC(=O)Nc4ccccc43)C2)nc1C. The fourth-order valence-electron chi connectivity index (χ4n) is 4.16. The second-order valence-corrected chi connectivity index (χ2v) is 7.91. The van der Waals surface area contributed by atoms with E-state index in [0.29, 0.717) is 30.2 Å². The van der Waals surface area contributed by atoms with Crippen LogP contribution in [0.25, 0.3) is 0 Å². The Labute approximate surface area is 180 Å². The highest BCUT2D eigenvalue weighted by Gasteiger charge is 2.30. The summed E-state index contributed by atoms with van der Waals surface area (Å²) in [6, 6.07) is 7.50. The molecule has 1 saturated heterocycles. The summed E-state index contributed by atoms with van der Waals surface area (Å²) in [6.45, 7) is 3.29. The number of hydrogen-bond acceptors (Lipinski definition) is 6. The van der Waals surface area contributed by atoms with Crippen molar-refractivity contribution in [2.45, 2.75) is 25.7 Å². The Bertz CT molecular complexity index is 1020. The van der Waals surface area contributed by atoms with Gasteiger partial charge in [-0.3, -0.25) is 14.4 Å². The first-order valence-electron chi connectivity index (χ1n) is 10.4. The van der Waals surface area contributed by atoms with Crippen molar-refractivity contribution in [2.24, 2.45) is 0 Å². The number of rotatable bonds is 4. The number of aryl methyl sites for hydroxylation is 1. The van der Waals surface area contributed by atoms with Crippen molar-refractivity contribution in [1.82, 2.24) is 20.2 Å². The van der Waals surface area contributed by atoms with Gasteiger partial charge in [-0.2, -0.15) is 0 Å². The molecule has 4 rings (SSSR count). The lowest BCUT2D eigenvalue weighted by Gasteiger charge is -2.35. The van der Waals surface area contributed by atoms with Gasteiger partial charge in [-0.15, -0.1) is 0 Å². The quantitative estimate of drug-likeness (QED) is 0.769. The number of hydrogen-bond donors (Lipinski definition) is 2. The van der Waals surface area contributed by atoms with Crippen molar-refractivity contribution in [3.8, 4) is 0 Å². The highest BCUT2D eigenvalue weighted by Crippen LogP contribution is 2.29. The molecule has 3 heterocycles. The van der Waals surface area contributed by atoms with Crippen LogP contribution in [0.3, 0.4) is 0 Å². The molecule has 9 heteroatoms. The third kappa shape index (κ3) is 4.35. The van der Waals surface area contributed by atoms with E-state index in [1.165, 1.54) is 0 Å². The van der Waals surface area contributed by atoms with E-state index in [9.17, 15) is 14.4 Å². The molecule has 0 radical (unpaired) electrons. The Balaban J connectivity index is 1.45. The number of aromatic nitrogens is 2. The van der Waals surface area contributed by atoms with Crippen LogP contribution in [0.15, 0.2) is 30.5 Å². The van der Waals surface area contributed by atoms with Gasteiger partial charge in [0.05, 0.1) is 35.7 Å². The number of carbonyl (C=O) groups excluding carboxylic acids is 3. The monoisotopic (exact) mass is 422 g/mol. The van der Waals surface area contributed by atoms with Gasteiger partial charge in [-0.05, 0) is 31.9 Å². The summed E-state index contributed by atoms with van der Waals surface area (Å²) in [6.07, 6.45) is 3.30. The van der Waals surface area contributed by atoms with Crippen LogP contribution in [0.5, 0.6) is 0 Å². The van der Waals surface area contributed by atoms with Crippen LogP contribution in [-0.4, -0.2) is 65.8 Å². The first-order valence-corrected chi connectivity index (χ1v) is 10.4. The molecule has 0 bridgehead atoms. The summed E-state index contributed by atoms with van der Waals surface area (Å²) in [5, 5.41) is 5.43. The van der Waals surface area contributed by atoms with Gasteiger partial charge in [0.2, 0.25) is 11.8 Å². The number of carbonyl (C=O) groups is 3. The molecular formula is C22H26N6O3. The zero-order valence-electron chi connectivity index (χ0n) is 17.7. The molecule has 3 amide bonds. The topological polar surface area (TPSA) is 108 Å². The molecule has 0 saturated carbocycles. The van der Waals surface area contributed by atoms with Crippen molar-refractivity contribution in [3.63, 3.8) is 0 Å². The third-order valence-corrected chi connectivity index (χ3v) is 5.79. The number of nitrogens with zero attached hydrogens (tertiary/aromatic N) is 4. The summed E-state index contributed by atoms with van der Waals surface area (Å²) in [5.74, 6) is 0.323. The van der Waals surface area contributed by atoms with Crippen LogP contribution in [-0.2, 0) is 9.59 Å². The van der Waals surface area contributed by atoms with Gasteiger partial charge in [0, 0.05) is 32.3 Å². The number of nitrogens with one attached hydrogen (secondary N) is 2. The summed E-state index contributed by atoms with van der Waals surface area (Å²) in [4.78, 5) is 49.6. The van der Waals surface area contributed by atoms with Gasteiger partial charge in [-0.25, -0.2) is 9.97 Å². The molecule has 31 heavy (non-hydrogen) atoms. The van der Waals surface area contributed by atoms with Crippen molar-refractivity contribution >= 4 is 29.1 Å². The lowest BCUT2D eigenvalue weighted by Crippen LogP contribution is -2.48. The molecule has 9 nitrogen and oxygen atoms in total. The summed E-state index contributed by atoms with van der Waals surface area (Å²) >= 11 is 0. The summed E-state index contributed by atoms with van der Waals surface area (Å²) in [7, 11) is 1.57. The van der Waals surface area contributed by atoms with Gasteiger partial charge in [-0.1, -0.05) is 12.1 Å². The minimum absolute atomic E-state index is 0.0204. The minimum atomic E-state index is -0.213. The Hall–Kier alpha value is -3.49. The molecule has 2 aromatic rings. The molecule has 0 unspecified atom stereocenters. The smallest absolute Gasteiger partial charge is 0.254 e. The van der Waals surface area contributed by atoms with Crippen LogP contribution in [0.4, 0.5) is 11.4 Å². The van der Waals surface area contributed by atoms with Crippen LogP contribution in [0, 0.1) is 6.92 Å². The molecule has 162 valence electrons. The Morgan fingerprint density at radius 3 is 2.87 bits per heavy atom. The molecule has 0 spiro atoms. The average molecular weight is 422 g/mol. The first-order chi connectivity index (χ1) is 15.0. The molecule has 1 atom stereocenters. The number of amides is 3. The standard InChI is InChI=1S/C22H26N6O3/c1-14-16(22(31)23-2)10-24-21(25-14)15-6-5-9-27(11-15)20(30)13-28-12-19(29)26-17-7-3-4-8-18(17)28/h3-4,7-8,10,15H,5-6,9,11-13H2,1-2H3,(H,23,31)(H,26,29)/t15-/m1/s1. The first kappa shape index (κ1) is 20.8. The fourth-order valence-corrected chi connectivity index (χ4v) is 4.16. The normalized spacial score (nSPS) is 18.3. The molecule has 2 aliphatic heterocycles. The van der Waals surface area contributed by atoms with Gasteiger partial charge >= 0.3 is 0 Å². The lowest BCUT2D eigenvalue weighted by molar-refractivity contribution is -0.131. The zero-order chi connectivity index (χ0) is 22.0. The average Bonchev–Trinajstić information content (AvgIpc) is 2.78. The van der Waals surface area contributed by atoms with E-state index in [1.807, 2.05) is 34.1 Å². The third-order valence-electron chi connectivity index (χ3n) is 5.79. The van der Waals surface area contributed by atoms with Gasteiger partial charge in [0.15, 0.2) is 0 Å². The number of fused-ring (bicyclic) bond motifs is 1. The van der Waals surface area contributed by atoms with Gasteiger partial charge in [0.1, 0.15) is 5.82 Å². The van der Waals surface area contributed by atoms with E-state index in [1.54, 1.807) is 20.2 Å². The van der Waals surface area contributed by atoms with Crippen molar-refractivity contribution in [2.75, 3.05) is 43.4 Å². The maximum absolute atomic E-state index is 13.1. The summed E-state index contributed by atoms with van der Waals surface area (Å²) < 4.78 is 0. The van der Waals surface area contributed by atoms with E-state index in [-0.39, 0.29) is 36.7 Å². The maximum atomic E-state index is 13.1. The Morgan fingerprint density at radius 2 is 2.10 bits per heavy atom. The molecule has 1 fully saturated rings. The van der Waals surface area contributed by atoms with Crippen LogP contribution in [0.2, 0.25) is 0 Å². The number of para-hydroxylation sites is 2. The van der Waals surface area contributed by atoms with Crippen LogP contribution in [0.1, 0.15) is 40.6 Å². The van der Waals surface area contributed by atoms with Crippen molar-refractivity contribution in [3.05, 3.63) is 47.5 Å². The summed E-state index contributed by atoms with van der Waals surface area (Å²) in [5.41, 5.74) is 2.66. The predicted octanol–water partition coefficient (Wildman–Crippen LogP) is 1.31. The van der Waals surface area contributed by atoms with Crippen molar-refractivity contribution in [1.29, 1.82) is 0 Å². The molecule has 0 aliphatic carbocycles. The lowest BCUT2D eigenvalue weighted by atomic mass is 9.96. The molecule has 1 aromatic heterocycles. The van der Waals surface area contributed by atoms with E-state index in [2.05, 4.69) is 20.6 Å². The van der Waals surface area contributed by atoms with E-state index in [0.717, 1.165) is 24.2 Å². The molecule has 2 aliphatic rings. The largest absolute Gasteiger partial charge is 0.355 e. The van der Waals surface area contributed by atoms with E-state index < -0.39 is 0 Å². The molecular weight excluding hydrogens is 396 g/mol. The minimum Gasteiger partial charge on any atom is -0.355 e. The Kier molecular flexibility index (Phi) is 5.83. The number of benzene rings is 1. The van der Waals surface area contributed by atoms with Crippen molar-refractivity contribution < 1.29 is 14.4 Å². The van der Waals surface area contributed by atoms with Crippen LogP contribution >= 0.6 is 0 Å². The van der Waals surface area contributed by atoms with Crippen LogP contribution < -0.4 is 15.5 Å². The van der Waals surface area contributed by atoms with E-state index in [4.69, 9.17) is 0 Å². The second kappa shape index (κ2) is 8.71. The maximum Gasteiger partial charge on any atom is 0.254 e. The number of anilines is 2. The van der Waals surface area contributed by atoms with Gasteiger partial charge in [0.25, 0.3) is 5.91 Å². The highest BCUT2D eigenvalue weighted by molar-refractivity contribution is 6.02. The molecule has 1 aromatic carbocycles. The second-order valence-electron chi connectivity index (χ2n) is 7.91. The predicted molar refractivity (Wildman–Crippen MR) is 116 cm³/mol. The Morgan fingerprint density at radius 1 is 1.29 bits per heavy atom. The fraction of sp³-hybridized carbons (Fsp3) is 0.409. The zero-order valence-corrected chi connectivity index (χ0v) is 17.7.